The minimum Gasteiger partial charge on any atom is -0.487 e. The van der Waals surface area contributed by atoms with Gasteiger partial charge in [-0.3, -0.25) is 0 Å². The number of ether oxygens (including phenoxy) is 1. The third kappa shape index (κ3) is 4.94. The molecule has 134 valence electrons. The third-order valence-electron chi connectivity index (χ3n) is 4.09. The smallest absolute Gasteiger partial charge is 0.143 e. The average molecular weight is 386 g/mol. The van der Waals surface area contributed by atoms with Crippen molar-refractivity contribution >= 4 is 28.9 Å². The molecule has 0 aromatic heterocycles. The molecule has 0 heterocycles. The Balaban J connectivity index is 1.76. The molecule has 0 saturated heterocycles. The topological polar surface area (TPSA) is 21.3 Å². The lowest BCUT2D eigenvalue weighted by atomic mass is 10.1. The second-order valence-electron chi connectivity index (χ2n) is 6.37. The van der Waals surface area contributed by atoms with Crippen molar-refractivity contribution in [2.45, 2.75) is 27.0 Å². The summed E-state index contributed by atoms with van der Waals surface area (Å²) in [7, 11) is 0. The van der Waals surface area contributed by atoms with Gasteiger partial charge in [0.15, 0.2) is 0 Å². The van der Waals surface area contributed by atoms with Crippen molar-refractivity contribution in [3.8, 4) is 5.75 Å². The SMILES string of the molecule is Cc1ccc(COc2c(Cl)cc(Cl)cc2CNc2cccc(C)c2)cc1. The Kier molecular flexibility index (Phi) is 6.08. The van der Waals surface area contributed by atoms with Crippen LogP contribution in [-0.4, -0.2) is 0 Å². The third-order valence-corrected chi connectivity index (χ3v) is 4.59. The number of aryl methyl sites for hydroxylation is 2. The van der Waals surface area contributed by atoms with Crippen LogP contribution in [0.1, 0.15) is 22.3 Å². The second kappa shape index (κ2) is 8.48. The van der Waals surface area contributed by atoms with E-state index in [1.165, 1.54) is 11.1 Å². The van der Waals surface area contributed by atoms with Gasteiger partial charge in [-0.2, -0.15) is 0 Å². The second-order valence-corrected chi connectivity index (χ2v) is 7.22. The number of hydrogen-bond acceptors (Lipinski definition) is 2. The van der Waals surface area contributed by atoms with E-state index >= 15 is 0 Å². The summed E-state index contributed by atoms with van der Waals surface area (Å²) in [5, 5.41) is 4.52. The van der Waals surface area contributed by atoms with E-state index in [1.54, 1.807) is 6.07 Å². The molecule has 2 nitrogen and oxygen atoms in total. The molecule has 4 heteroatoms. The van der Waals surface area contributed by atoms with E-state index in [2.05, 4.69) is 55.6 Å². The average Bonchev–Trinajstić information content (AvgIpc) is 2.60. The fourth-order valence-corrected chi connectivity index (χ4v) is 3.29. The van der Waals surface area contributed by atoms with E-state index in [0.717, 1.165) is 16.8 Å². The first-order valence-corrected chi connectivity index (χ1v) is 9.23. The van der Waals surface area contributed by atoms with Crippen molar-refractivity contribution < 1.29 is 4.74 Å². The lowest BCUT2D eigenvalue weighted by Crippen LogP contribution is -2.04. The minimum absolute atomic E-state index is 0.457. The molecule has 1 N–H and O–H groups in total. The fraction of sp³-hybridized carbons (Fsp3) is 0.182. The first-order chi connectivity index (χ1) is 12.5. The van der Waals surface area contributed by atoms with Gasteiger partial charge >= 0.3 is 0 Å². The van der Waals surface area contributed by atoms with Crippen LogP contribution in [0.4, 0.5) is 5.69 Å². The van der Waals surface area contributed by atoms with Crippen LogP contribution in [0.2, 0.25) is 10.0 Å². The molecule has 0 spiro atoms. The van der Waals surface area contributed by atoms with Gasteiger partial charge in [-0.15, -0.1) is 0 Å². The number of nitrogens with one attached hydrogen (secondary N) is 1. The van der Waals surface area contributed by atoms with Crippen molar-refractivity contribution in [1.29, 1.82) is 0 Å². The van der Waals surface area contributed by atoms with Crippen LogP contribution in [0.5, 0.6) is 5.75 Å². The Bertz CT molecular complexity index is 891. The maximum Gasteiger partial charge on any atom is 0.143 e. The molecule has 0 radical (unpaired) electrons. The Hall–Kier alpha value is -2.16. The molecule has 0 aliphatic carbocycles. The fourth-order valence-electron chi connectivity index (χ4n) is 2.70. The van der Waals surface area contributed by atoms with Crippen LogP contribution in [0, 0.1) is 13.8 Å². The van der Waals surface area contributed by atoms with Crippen LogP contribution >= 0.6 is 23.2 Å². The molecule has 3 rings (SSSR count). The van der Waals surface area contributed by atoms with Gasteiger partial charge in [0.2, 0.25) is 0 Å². The molecular weight excluding hydrogens is 365 g/mol. The number of hydrogen-bond donors (Lipinski definition) is 1. The molecule has 3 aromatic carbocycles. The molecule has 0 aliphatic rings. The summed E-state index contributed by atoms with van der Waals surface area (Å²) in [6.45, 7) is 5.17. The summed E-state index contributed by atoms with van der Waals surface area (Å²) < 4.78 is 6.03. The zero-order chi connectivity index (χ0) is 18.5. The molecule has 0 amide bonds. The van der Waals surface area contributed by atoms with Crippen LogP contribution in [0.15, 0.2) is 60.7 Å². The molecule has 3 aromatic rings. The highest BCUT2D eigenvalue weighted by Gasteiger charge is 2.11. The molecule has 0 bridgehead atoms. The van der Waals surface area contributed by atoms with Crippen molar-refractivity contribution in [2.24, 2.45) is 0 Å². The number of anilines is 1. The largest absolute Gasteiger partial charge is 0.487 e. The van der Waals surface area contributed by atoms with Gasteiger partial charge < -0.3 is 10.1 Å². The standard InChI is InChI=1S/C22H21Cl2NO/c1-15-6-8-17(9-7-15)14-26-22-18(11-19(23)12-21(22)24)13-25-20-5-3-4-16(2)10-20/h3-12,25H,13-14H2,1-2H3. The van der Waals surface area contributed by atoms with Gasteiger partial charge in [0, 0.05) is 22.8 Å². The van der Waals surface area contributed by atoms with Crippen LogP contribution in [0.3, 0.4) is 0 Å². The predicted octanol–water partition coefficient (Wildman–Crippen LogP) is 6.80. The lowest BCUT2D eigenvalue weighted by Gasteiger charge is -2.15. The molecule has 0 aliphatic heterocycles. The summed E-state index contributed by atoms with van der Waals surface area (Å²) in [5.41, 5.74) is 5.50. The van der Waals surface area contributed by atoms with Gasteiger partial charge in [0.1, 0.15) is 12.4 Å². The monoisotopic (exact) mass is 385 g/mol. The molecular formula is C22H21Cl2NO. The van der Waals surface area contributed by atoms with Crippen molar-refractivity contribution in [3.05, 3.63) is 93.0 Å². The highest BCUT2D eigenvalue weighted by Crippen LogP contribution is 2.33. The highest BCUT2D eigenvalue weighted by atomic mass is 35.5. The summed E-state index contributed by atoms with van der Waals surface area (Å²) in [5.74, 6) is 0.664. The van der Waals surface area contributed by atoms with E-state index in [0.29, 0.717) is 28.9 Å². The maximum atomic E-state index is 6.40. The number of benzene rings is 3. The van der Waals surface area contributed by atoms with Gasteiger partial charge in [-0.05, 0) is 49.2 Å². The zero-order valence-electron chi connectivity index (χ0n) is 14.9. The van der Waals surface area contributed by atoms with Crippen molar-refractivity contribution in [2.75, 3.05) is 5.32 Å². The van der Waals surface area contributed by atoms with E-state index in [1.807, 2.05) is 18.2 Å². The summed E-state index contributed by atoms with van der Waals surface area (Å²) in [4.78, 5) is 0. The maximum absolute atomic E-state index is 6.40. The highest BCUT2D eigenvalue weighted by molar-refractivity contribution is 6.35. The van der Waals surface area contributed by atoms with E-state index in [-0.39, 0.29) is 0 Å². The Morgan fingerprint density at radius 1 is 0.885 bits per heavy atom. The first kappa shape index (κ1) is 18.6. The molecule has 0 saturated carbocycles. The van der Waals surface area contributed by atoms with Gasteiger partial charge in [0.05, 0.1) is 5.02 Å². The summed E-state index contributed by atoms with van der Waals surface area (Å²) in [6.07, 6.45) is 0. The predicted molar refractivity (Wildman–Crippen MR) is 110 cm³/mol. The van der Waals surface area contributed by atoms with Gasteiger partial charge in [-0.1, -0.05) is 65.2 Å². The van der Waals surface area contributed by atoms with E-state index < -0.39 is 0 Å². The lowest BCUT2D eigenvalue weighted by molar-refractivity contribution is 0.303. The zero-order valence-corrected chi connectivity index (χ0v) is 16.4. The first-order valence-electron chi connectivity index (χ1n) is 8.48. The van der Waals surface area contributed by atoms with Gasteiger partial charge in [0.25, 0.3) is 0 Å². The van der Waals surface area contributed by atoms with E-state index in [4.69, 9.17) is 27.9 Å². The quantitative estimate of drug-likeness (QED) is 0.503. The van der Waals surface area contributed by atoms with Crippen molar-refractivity contribution in [1.82, 2.24) is 0 Å². The molecule has 0 atom stereocenters. The number of halogens is 2. The van der Waals surface area contributed by atoms with Crippen LogP contribution < -0.4 is 10.1 Å². The van der Waals surface area contributed by atoms with Crippen LogP contribution in [0.25, 0.3) is 0 Å². The van der Waals surface area contributed by atoms with Crippen molar-refractivity contribution in [3.63, 3.8) is 0 Å². The normalized spacial score (nSPS) is 10.6. The Morgan fingerprint density at radius 2 is 1.65 bits per heavy atom. The summed E-state index contributed by atoms with van der Waals surface area (Å²) in [6, 6.07) is 20.1. The van der Waals surface area contributed by atoms with Gasteiger partial charge in [-0.25, -0.2) is 0 Å². The minimum atomic E-state index is 0.457. The Morgan fingerprint density at radius 3 is 2.38 bits per heavy atom. The molecule has 0 fully saturated rings. The van der Waals surface area contributed by atoms with E-state index in [9.17, 15) is 0 Å². The Labute approximate surface area is 164 Å². The summed E-state index contributed by atoms with van der Waals surface area (Å²) >= 11 is 12.6. The molecule has 0 unspecified atom stereocenters. The van der Waals surface area contributed by atoms with Crippen LogP contribution in [-0.2, 0) is 13.2 Å². The number of rotatable bonds is 6. The molecule has 26 heavy (non-hydrogen) atoms.